The first-order valence-electron chi connectivity index (χ1n) is 10.7. The Kier molecular flexibility index (Phi) is 6.84. The molecule has 1 aromatic carbocycles. The van der Waals surface area contributed by atoms with Gasteiger partial charge >= 0.3 is 0 Å². The number of carbonyl (C=O) groups excluding carboxylic acids is 2. The number of hydrogen-bond acceptors (Lipinski definition) is 4. The van der Waals surface area contributed by atoms with Crippen molar-refractivity contribution < 1.29 is 9.59 Å². The highest BCUT2D eigenvalue weighted by atomic mass is 79.9. The number of nitrogens with zero attached hydrogens (tertiary/aromatic N) is 3. The molecule has 8 heteroatoms. The molecule has 2 aliphatic rings. The van der Waals surface area contributed by atoms with Gasteiger partial charge in [0, 0.05) is 30.0 Å². The lowest BCUT2D eigenvalue weighted by atomic mass is 9.83. The summed E-state index contributed by atoms with van der Waals surface area (Å²) in [5.74, 6) is 0.322. The number of rotatable bonds is 6. The van der Waals surface area contributed by atoms with Crippen molar-refractivity contribution in [2.75, 3.05) is 25.0 Å². The Morgan fingerprint density at radius 3 is 2.67 bits per heavy atom. The van der Waals surface area contributed by atoms with Gasteiger partial charge in [-0.1, -0.05) is 6.42 Å². The lowest BCUT2D eigenvalue weighted by Crippen LogP contribution is -2.51. The summed E-state index contributed by atoms with van der Waals surface area (Å²) in [6.07, 6.45) is 9.66. The van der Waals surface area contributed by atoms with Crippen LogP contribution < -0.4 is 10.6 Å². The number of nitrogens with one attached hydrogen (secondary N) is 2. The van der Waals surface area contributed by atoms with Gasteiger partial charge in [0.15, 0.2) is 0 Å². The molecule has 2 aromatic rings. The molecule has 2 aliphatic heterocycles. The first-order chi connectivity index (χ1) is 14.6. The van der Waals surface area contributed by atoms with Gasteiger partial charge in [-0.3, -0.25) is 14.3 Å². The van der Waals surface area contributed by atoms with Gasteiger partial charge in [0.05, 0.1) is 10.7 Å². The lowest BCUT2D eigenvalue weighted by Gasteiger charge is -2.44. The van der Waals surface area contributed by atoms with Crippen LogP contribution in [0.15, 0.2) is 41.1 Å². The molecule has 0 unspecified atom stereocenters. The normalized spacial score (nSPS) is 21.6. The highest BCUT2D eigenvalue weighted by molar-refractivity contribution is 9.10. The van der Waals surface area contributed by atoms with Crippen molar-refractivity contribution in [3.8, 4) is 0 Å². The van der Waals surface area contributed by atoms with Gasteiger partial charge < -0.3 is 15.5 Å². The van der Waals surface area contributed by atoms with E-state index in [9.17, 15) is 9.59 Å². The zero-order chi connectivity index (χ0) is 20.9. The Bertz CT molecular complexity index is 880. The second-order valence-electron chi connectivity index (χ2n) is 8.19. The molecular formula is C22H28BrN5O2. The van der Waals surface area contributed by atoms with Crippen molar-refractivity contribution in [3.63, 3.8) is 0 Å². The van der Waals surface area contributed by atoms with E-state index in [2.05, 4.69) is 36.6 Å². The number of piperidine rings is 2. The van der Waals surface area contributed by atoms with E-state index in [0.717, 1.165) is 11.0 Å². The SMILES string of the molecule is O=C(Cn1cc(Br)cn1)Nc1ccc(C(=O)NC[C@H]2CCCN3CCCC[C@H]23)cc1. The van der Waals surface area contributed by atoms with Crippen LogP contribution in [0, 0.1) is 5.92 Å². The van der Waals surface area contributed by atoms with Crippen LogP contribution >= 0.6 is 15.9 Å². The van der Waals surface area contributed by atoms with Gasteiger partial charge in [-0.15, -0.1) is 0 Å². The van der Waals surface area contributed by atoms with Gasteiger partial charge in [0.1, 0.15) is 6.54 Å². The molecule has 30 heavy (non-hydrogen) atoms. The first kappa shape index (κ1) is 21.1. The fourth-order valence-corrected chi connectivity index (χ4v) is 4.95. The number of aromatic nitrogens is 2. The molecule has 3 heterocycles. The van der Waals surface area contributed by atoms with E-state index >= 15 is 0 Å². The molecule has 2 atom stereocenters. The second kappa shape index (κ2) is 9.75. The summed E-state index contributed by atoms with van der Waals surface area (Å²) in [5, 5.41) is 10.0. The van der Waals surface area contributed by atoms with Crippen LogP contribution in [-0.2, 0) is 11.3 Å². The maximum Gasteiger partial charge on any atom is 0.251 e. The summed E-state index contributed by atoms with van der Waals surface area (Å²) in [6, 6.07) is 7.65. The van der Waals surface area contributed by atoms with E-state index in [4.69, 9.17) is 0 Å². The molecule has 2 N–H and O–H groups in total. The molecule has 2 fully saturated rings. The van der Waals surface area contributed by atoms with Crippen molar-refractivity contribution >= 4 is 33.4 Å². The number of anilines is 1. The predicted molar refractivity (Wildman–Crippen MR) is 119 cm³/mol. The van der Waals surface area contributed by atoms with E-state index in [1.165, 1.54) is 45.2 Å². The fraction of sp³-hybridized carbons (Fsp3) is 0.500. The Hall–Kier alpha value is -2.19. The summed E-state index contributed by atoms with van der Waals surface area (Å²) < 4.78 is 2.38. The third-order valence-corrected chi connectivity index (χ3v) is 6.50. The van der Waals surface area contributed by atoms with E-state index < -0.39 is 0 Å². The van der Waals surface area contributed by atoms with Crippen molar-refractivity contribution in [3.05, 3.63) is 46.7 Å². The number of carbonyl (C=O) groups is 2. The Labute approximate surface area is 185 Å². The highest BCUT2D eigenvalue weighted by Crippen LogP contribution is 2.30. The molecule has 4 rings (SSSR count). The van der Waals surface area contributed by atoms with Crippen LogP contribution in [0.1, 0.15) is 42.5 Å². The third kappa shape index (κ3) is 5.29. The summed E-state index contributed by atoms with van der Waals surface area (Å²) >= 11 is 3.31. The largest absolute Gasteiger partial charge is 0.352 e. The zero-order valence-corrected chi connectivity index (χ0v) is 18.6. The molecule has 0 bridgehead atoms. The van der Waals surface area contributed by atoms with Crippen LogP contribution in [-0.4, -0.2) is 52.2 Å². The number of amides is 2. The second-order valence-corrected chi connectivity index (χ2v) is 9.11. The third-order valence-electron chi connectivity index (χ3n) is 6.09. The summed E-state index contributed by atoms with van der Waals surface area (Å²) in [5.41, 5.74) is 1.27. The number of halogens is 1. The maximum atomic E-state index is 12.6. The van der Waals surface area contributed by atoms with Crippen LogP contribution in [0.3, 0.4) is 0 Å². The fourth-order valence-electron chi connectivity index (χ4n) is 4.62. The first-order valence-corrected chi connectivity index (χ1v) is 11.5. The van der Waals surface area contributed by atoms with E-state index in [0.29, 0.717) is 23.2 Å². The number of hydrogen-bond donors (Lipinski definition) is 2. The zero-order valence-electron chi connectivity index (χ0n) is 17.0. The van der Waals surface area contributed by atoms with Crippen LogP contribution in [0.25, 0.3) is 0 Å². The van der Waals surface area contributed by atoms with E-state index in [1.54, 1.807) is 41.3 Å². The molecule has 0 saturated carbocycles. The molecule has 0 spiro atoms. The van der Waals surface area contributed by atoms with Crippen LogP contribution in [0.2, 0.25) is 0 Å². The average molecular weight is 474 g/mol. The Morgan fingerprint density at radius 2 is 1.90 bits per heavy atom. The lowest BCUT2D eigenvalue weighted by molar-refractivity contribution is -0.116. The van der Waals surface area contributed by atoms with Gasteiger partial charge in [0.25, 0.3) is 5.91 Å². The van der Waals surface area contributed by atoms with Gasteiger partial charge in [-0.25, -0.2) is 0 Å². The molecule has 7 nitrogen and oxygen atoms in total. The topological polar surface area (TPSA) is 79.3 Å². The minimum absolute atomic E-state index is 0.0535. The van der Waals surface area contributed by atoms with Crippen molar-refractivity contribution in [1.82, 2.24) is 20.0 Å². The molecular weight excluding hydrogens is 446 g/mol. The minimum atomic E-state index is -0.169. The van der Waals surface area contributed by atoms with Crippen molar-refractivity contribution in [2.45, 2.75) is 44.7 Å². The smallest absolute Gasteiger partial charge is 0.251 e. The van der Waals surface area contributed by atoms with Gasteiger partial charge in [-0.05, 0) is 84.9 Å². The average Bonchev–Trinajstić information content (AvgIpc) is 3.16. The standard InChI is InChI=1S/C22H28BrN5O2/c23-18-13-25-28(14-18)15-21(29)26-19-8-6-16(7-9-19)22(30)24-12-17-4-3-11-27-10-2-1-5-20(17)27/h6-9,13-14,17,20H,1-5,10-12,15H2,(H,24,30)(H,26,29)/t17-,20-/m1/s1. The van der Waals surface area contributed by atoms with Crippen molar-refractivity contribution in [2.24, 2.45) is 5.92 Å². The van der Waals surface area contributed by atoms with E-state index in [-0.39, 0.29) is 18.4 Å². The predicted octanol–water partition coefficient (Wildman–Crippen LogP) is 3.28. The highest BCUT2D eigenvalue weighted by Gasteiger charge is 2.32. The summed E-state index contributed by atoms with van der Waals surface area (Å²) in [4.78, 5) is 27.3. The Balaban J connectivity index is 1.27. The summed E-state index contributed by atoms with van der Waals surface area (Å²) in [6.45, 7) is 3.28. The number of fused-ring (bicyclic) bond motifs is 1. The quantitative estimate of drug-likeness (QED) is 0.674. The molecule has 1 aromatic heterocycles. The minimum Gasteiger partial charge on any atom is -0.352 e. The van der Waals surface area contributed by atoms with Crippen molar-refractivity contribution in [1.29, 1.82) is 0 Å². The van der Waals surface area contributed by atoms with Crippen LogP contribution in [0.4, 0.5) is 5.69 Å². The molecule has 0 radical (unpaired) electrons. The Morgan fingerprint density at radius 1 is 1.10 bits per heavy atom. The van der Waals surface area contributed by atoms with Gasteiger partial charge in [0.2, 0.25) is 5.91 Å². The van der Waals surface area contributed by atoms with Crippen LogP contribution in [0.5, 0.6) is 0 Å². The monoisotopic (exact) mass is 473 g/mol. The summed E-state index contributed by atoms with van der Waals surface area (Å²) in [7, 11) is 0. The molecule has 0 aliphatic carbocycles. The maximum absolute atomic E-state index is 12.6. The molecule has 2 saturated heterocycles. The molecule has 160 valence electrons. The number of benzene rings is 1. The van der Waals surface area contributed by atoms with E-state index in [1.807, 2.05) is 0 Å². The molecule has 2 amide bonds. The van der Waals surface area contributed by atoms with Gasteiger partial charge in [-0.2, -0.15) is 5.10 Å².